The van der Waals surface area contributed by atoms with Gasteiger partial charge in [0, 0.05) is 0 Å². The highest BCUT2D eigenvalue weighted by Gasteiger charge is 2.46. The van der Waals surface area contributed by atoms with Crippen molar-refractivity contribution in [2.45, 2.75) is 38.3 Å². The maximum Gasteiger partial charge on any atom is 0.471 e. The molecule has 0 rings (SSSR count). The summed E-state index contributed by atoms with van der Waals surface area (Å²) >= 11 is 0. The van der Waals surface area contributed by atoms with E-state index in [0.717, 1.165) is 19.2 Å². The monoisotopic (exact) mass is 338 g/mol. The number of carboxylic acid groups (broad SMARTS) is 1. The van der Waals surface area contributed by atoms with Gasteiger partial charge in [0.1, 0.15) is 6.04 Å². The van der Waals surface area contributed by atoms with Gasteiger partial charge < -0.3 is 15.7 Å². The van der Waals surface area contributed by atoms with E-state index in [1.165, 1.54) is 5.32 Å². The van der Waals surface area contributed by atoms with Gasteiger partial charge in [-0.05, 0) is 5.92 Å². The summed E-state index contributed by atoms with van der Waals surface area (Å²) in [5.74, 6) is -8.22. The van der Waals surface area contributed by atoms with Crippen molar-refractivity contribution in [1.82, 2.24) is 10.6 Å². The molecule has 0 aromatic heterocycles. The quantitative estimate of drug-likeness (QED) is 0.647. The Hall–Kier alpha value is -2.01. The van der Waals surface area contributed by atoms with Gasteiger partial charge in [-0.1, -0.05) is 13.8 Å². The minimum Gasteiger partial charge on any atom is -0.480 e. The first-order chi connectivity index (χ1) is 9.67. The maximum atomic E-state index is 12.2. The first-order valence-electron chi connectivity index (χ1n) is 5.66. The van der Waals surface area contributed by atoms with Crippen LogP contribution < -0.4 is 10.6 Å². The van der Waals surface area contributed by atoms with Gasteiger partial charge in [-0.3, -0.25) is 9.59 Å². The molecule has 2 amide bonds. The van der Waals surface area contributed by atoms with Crippen molar-refractivity contribution >= 4 is 17.8 Å². The van der Waals surface area contributed by atoms with Gasteiger partial charge in [0.2, 0.25) is 0 Å². The van der Waals surface area contributed by atoms with E-state index in [0.29, 0.717) is 0 Å². The molecule has 128 valence electrons. The number of amides is 2. The summed E-state index contributed by atoms with van der Waals surface area (Å²) in [6.45, 7) is 2.33. The SMILES string of the molecule is CC(C)[C@H](NC(=O)C(F)(F)F)[C@@H](NC(=O)C(F)(F)F)C(=O)O. The Morgan fingerprint density at radius 2 is 1.23 bits per heavy atom. The number of carboxylic acids is 1. The molecule has 0 saturated carbocycles. The zero-order valence-corrected chi connectivity index (χ0v) is 11.2. The molecule has 0 fully saturated rings. The summed E-state index contributed by atoms with van der Waals surface area (Å²) < 4.78 is 72.8. The summed E-state index contributed by atoms with van der Waals surface area (Å²) in [4.78, 5) is 32.5. The van der Waals surface area contributed by atoms with Gasteiger partial charge in [-0.15, -0.1) is 0 Å². The highest BCUT2D eigenvalue weighted by Crippen LogP contribution is 2.19. The molecular formula is C10H12F6N2O4. The molecule has 22 heavy (non-hydrogen) atoms. The van der Waals surface area contributed by atoms with Crippen LogP contribution in [0.3, 0.4) is 0 Å². The van der Waals surface area contributed by atoms with E-state index in [1.807, 2.05) is 0 Å². The fourth-order valence-electron chi connectivity index (χ4n) is 1.40. The van der Waals surface area contributed by atoms with Crippen LogP contribution in [0.1, 0.15) is 13.8 Å². The van der Waals surface area contributed by atoms with Crippen LogP contribution in [0.4, 0.5) is 26.3 Å². The molecule has 0 spiro atoms. The third kappa shape index (κ3) is 5.77. The largest absolute Gasteiger partial charge is 0.480 e. The summed E-state index contributed by atoms with van der Waals surface area (Å²) in [6, 6.07) is -4.29. The van der Waals surface area contributed by atoms with Crippen LogP contribution in [-0.2, 0) is 14.4 Å². The Morgan fingerprint density at radius 3 is 1.50 bits per heavy atom. The highest BCUT2D eigenvalue weighted by molar-refractivity contribution is 5.88. The van der Waals surface area contributed by atoms with Gasteiger partial charge in [0.05, 0.1) is 6.04 Å². The number of aliphatic carboxylic acids is 1. The van der Waals surface area contributed by atoms with E-state index in [-0.39, 0.29) is 0 Å². The van der Waals surface area contributed by atoms with Crippen molar-refractivity contribution in [1.29, 1.82) is 0 Å². The Morgan fingerprint density at radius 1 is 0.864 bits per heavy atom. The Bertz CT molecular complexity index is 446. The zero-order chi connectivity index (χ0) is 17.9. The van der Waals surface area contributed by atoms with Gasteiger partial charge in [0.15, 0.2) is 0 Å². The molecule has 2 atom stereocenters. The minimum atomic E-state index is -5.43. The summed E-state index contributed by atoms with van der Waals surface area (Å²) in [7, 11) is 0. The molecule has 0 aliphatic rings. The summed E-state index contributed by atoms with van der Waals surface area (Å²) in [5, 5.41) is 11.1. The third-order valence-corrected chi connectivity index (χ3v) is 2.44. The molecule has 12 heteroatoms. The molecule has 0 heterocycles. The van der Waals surface area contributed by atoms with Gasteiger partial charge in [-0.25, -0.2) is 4.79 Å². The van der Waals surface area contributed by atoms with Crippen LogP contribution in [0.2, 0.25) is 0 Å². The molecule has 0 aliphatic heterocycles. The third-order valence-electron chi connectivity index (χ3n) is 2.44. The van der Waals surface area contributed by atoms with Gasteiger partial charge >= 0.3 is 30.1 Å². The fraction of sp³-hybridized carbons (Fsp3) is 0.700. The first kappa shape index (κ1) is 20.0. The molecule has 0 aromatic carbocycles. The number of carbonyl (C=O) groups is 3. The van der Waals surface area contributed by atoms with Crippen molar-refractivity contribution in [3.63, 3.8) is 0 Å². The lowest BCUT2D eigenvalue weighted by Crippen LogP contribution is -2.61. The van der Waals surface area contributed by atoms with Gasteiger partial charge in [-0.2, -0.15) is 26.3 Å². The van der Waals surface area contributed by atoms with E-state index < -0.39 is 48.1 Å². The average molecular weight is 338 g/mol. The van der Waals surface area contributed by atoms with Crippen molar-refractivity contribution in [3.8, 4) is 0 Å². The average Bonchev–Trinajstić information content (AvgIpc) is 2.29. The lowest BCUT2D eigenvalue weighted by Gasteiger charge is -2.29. The van der Waals surface area contributed by atoms with Crippen LogP contribution in [0.15, 0.2) is 0 Å². The van der Waals surface area contributed by atoms with Crippen LogP contribution in [-0.4, -0.2) is 47.3 Å². The lowest BCUT2D eigenvalue weighted by molar-refractivity contribution is -0.178. The minimum absolute atomic E-state index is 1.01. The standard InChI is InChI=1S/C10H12F6N2O4/c1-3(2)4(17-7(21)9(11,12)13)5(6(19)20)18-8(22)10(14,15)16/h3-5H,1-2H3,(H,17,21)(H,18,22)(H,19,20)/t4-,5+/m0/s1. The van der Waals surface area contributed by atoms with E-state index >= 15 is 0 Å². The van der Waals surface area contributed by atoms with Crippen molar-refractivity contribution in [2.75, 3.05) is 0 Å². The second-order valence-electron chi connectivity index (χ2n) is 4.53. The molecule has 3 N–H and O–H groups in total. The number of hydrogen-bond acceptors (Lipinski definition) is 3. The van der Waals surface area contributed by atoms with Crippen LogP contribution >= 0.6 is 0 Å². The number of carbonyl (C=O) groups excluding carboxylic acids is 2. The van der Waals surface area contributed by atoms with Crippen LogP contribution in [0.5, 0.6) is 0 Å². The fourth-order valence-corrected chi connectivity index (χ4v) is 1.40. The molecular weight excluding hydrogens is 326 g/mol. The van der Waals surface area contributed by atoms with E-state index in [2.05, 4.69) is 0 Å². The molecule has 0 bridgehead atoms. The molecule has 6 nitrogen and oxygen atoms in total. The Balaban J connectivity index is 5.35. The van der Waals surface area contributed by atoms with E-state index in [9.17, 15) is 40.7 Å². The predicted octanol–water partition coefficient (Wildman–Crippen LogP) is 0.821. The molecule has 0 saturated heterocycles. The zero-order valence-electron chi connectivity index (χ0n) is 11.2. The smallest absolute Gasteiger partial charge is 0.471 e. The lowest BCUT2D eigenvalue weighted by atomic mass is 9.96. The van der Waals surface area contributed by atoms with Crippen LogP contribution in [0, 0.1) is 5.92 Å². The molecule has 0 radical (unpaired) electrons. The number of nitrogens with one attached hydrogen (secondary N) is 2. The number of hydrogen-bond donors (Lipinski definition) is 3. The Kier molecular flexibility index (Phi) is 6.21. The number of halogens is 6. The second kappa shape index (κ2) is 6.83. The summed E-state index contributed by atoms with van der Waals surface area (Å²) in [5.41, 5.74) is 0. The highest BCUT2D eigenvalue weighted by atomic mass is 19.4. The second-order valence-corrected chi connectivity index (χ2v) is 4.53. The first-order valence-corrected chi connectivity index (χ1v) is 5.66. The number of alkyl halides is 6. The normalized spacial score (nSPS) is 15.1. The Labute approximate surface area is 119 Å². The van der Waals surface area contributed by atoms with Crippen molar-refractivity contribution < 1.29 is 45.8 Å². The molecule has 0 aromatic rings. The van der Waals surface area contributed by atoms with Gasteiger partial charge in [0.25, 0.3) is 0 Å². The summed E-state index contributed by atoms with van der Waals surface area (Å²) in [6.07, 6.45) is -10.8. The van der Waals surface area contributed by atoms with Crippen molar-refractivity contribution in [2.24, 2.45) is 5.92 Å². The number of rotatable bonds is 5. The predicted molar refractivity (Wildman–Crippen MR) is 58.4 cm³/mol. The van der Waals surface area contributed by atoms with E-state index in [1.54, 1.807) is 0 Å². The maximum absolute atomic E-state index is 12.2. The van der Waals surface area contributed by atoms with Crippen molar-refractivity contribution in [3.05, 3.63) is 0 Å². The topological polar surface area (TPSA) is 95.5 Å². The molecule has 0 unspecified atom stereocenters. The van der Waals surface area contributed by atoms with E-state index in [4.69, 9.17) is 5.11 Å². The molecule has 0 aliphatic carbocycles. The van der Waals surface area contributed by atoms with Crippen LogP contribution in [0.25, 0.3) is 0 Å².